The minimum atomic E-state index is -2.51. The minimum Gasteiger partial charge on any atom is -0.374 e. The van der Waals surface area contributed by atoms with Crippen LogP contribution in [-0.2, 0) is 13.3 Å². The smallest absolute Gasteiger partial charge is 0.374 e. The molecule has 104 valence electrons. The zero-order valence-corrected chi connectivity index (χ0v) is 12.6. The van der Waals surface area contributed by atoms with Crippen molar-refractivity contribution in [2.24, 2.45) is 5.73 Å². The molecule has 0 aliphatic heterocycles. The van der Waals surface area contributed by atoms with E-state index in [1.807, 2.05) is 20.8 Å². The molecule has 6 heteroatoms. The molecule has 0 aromatic rings. The molecular weight excluding hydrogens is 236 g/mol. The predicted octanol–water partition coefficient (Wildman–Crippen LogP) is 1.32. The second kappa shape index (κ2) is 9.99. The van der Waals surface area contributed by atoms with Gasteiger partial charge in [0.1, 0.15) is 0 Å². The Morgan fingerprint density at radius 3 is 2.18 bits per heavy atom. The first-order valence-electron chi connectivity index (χ1n) is 6.53. The van der Waals surface area contributed by atoms with Gasteiger partial charge < -0.3 is 19.0 Å². The quantitative estimate of drug-likeness (QED) is 0.435. The Kier molecular flexibility index (Phi) is 10.00. The molecule has 0 saturated heterocycles. The first-order chi connectivity index (χ1) is 8.14. The van der Waals surface area contributed by atoms with E-state index in [9.17, 15) is 0 Å². The van der Waals surface area contributed by atoms with Gasteiger partial charge in [-0.1, -0.05) is 13.3 Å². The van der Waals surface area contributed by atoms with Gasteiger partial charge >= 0.3 is 8.80 Å². The van der Waals surface area contributed by atoms with Gasteiger partial charge in [0.2, 0.25) is 0 Å². The fourth-order valence-corrected chi connectivity index (χ4v) is 4.40. The molecular formula is C11H28N2O3Si. The van der Waals surface area contributed by atoms with Gasteiger partial charge in [-0.15, -0.1) is 0 Å². The van der Waals surface area contributed by atoms with Gasteiger partial charge in [-0.25, -0.2) is 0 Å². The van der Waals surface area contributed by atoms with Crippen LogP contribution in [0.3, 0.4) is 0 Å². The van der Waals surface area contributed by atoms with E-state index in [1.54, 1.807) is 0 Å². The van der Waals surface area contributed by atoms with Crippen molar-refractivity contribution >= 4 is 8.80 Å². The summed E-state index contributed by atoms with van der Waals surface area (Å²) in [6.07, 6.45) is 0.908. The Morgan fingerprint density at radius 1 is 1.18 bits per heavy atom. The van der Waals surface area contributed by atoms with Crippen LogP contribution in [-0.4, -0.2) is 41.3 Å². The first kappa shape index (κ1) is 17.0. The molecule has 1 unspecified atom stereocenters. The summed E-state index contributed by atoms with van der Waals surface area (Å²) >= 11 is 0. The van der Waals surface area contributed by atoms with Gasteiger partial charge in [-0.3, -0.25) is 5.32 Å². The van der Waals surface area contributed by atoms with Crippen molar-refractivity contribution in [2.75, 3.05) is 26.3 Å². The van der Waals surface area contributed by atoms with Gasteiger partial charge in [0.15, 0.2) is 0 Å². The number of hydrogen-bond acceptors (Lipinski definition) is 5. The number of hydrogen-bond donors (Lipinski definition) is 2. The molecule has 1 atom stereocenters. The second-order valence-electron chi connectivity index (χ2n) is 3.80. The van der Waals surface area contributed by atoms with E-state index in [0.717, 1.165) is 19.0 Å². The van der Waals surface area contributed by atoms with Crippen molar-refractivity contribution in [2.45, 2.75) is 46.4 Å². The molecule has 0 bridgehead atoms. The average Bonchev–Trinajstić information content (AvgIpc) is 2.27. The molecule has 0 heterocycles. The largest absolute Gasteiger partial charge is 0.502 e. The molecule has 0 fully saturated rings. The predicted molar refractivity (Wildman–Crippen MR) is 71.7 cm³/mol. The van der Waals surface area contributed by atoms with Crippen molar-refractivity contribution < 1.29 is 13.3 Å². The van der Waals surface area contributed by atoms with Crippen LogP contribution in [0.25, 0.3) is 0 Å². The molecule has 0 spiro atoms. The molecule has 0 rings (SSSR count). The Morgan fingerprint density at radius 2 is 1.76 bits per heavy atom. The summed E-state index contributed by atoms with van der Waals surface area (Å²) in [4.78, 5) is 0. The monoisotopic (exact) mass is 264 g/mol. The Hall–Kier alpha value is 0.0169. The minimum absolute atomic E-state index is 0.0881. The molecule has 0 radical (unpaired) electrons. The normalized spacial score (nSPS) is 13.9. The Bertz CT molecular complexity index is 167. The lowest BCUT2D eigenvalue weighted by Crippen LogP contribution is -2.51. The molecule has 3 N–H and O–H groups in total. The third-order valence-corrected chi connectivity index (χ3v) is 5.50. The molecule has 0 aliphatic carbocycles. The number of nitrogens with one attached hydrogen (secondary N) is 1. The van der Waals surface area contributed by atoms with Crippen LogP contribution in [0.1, 0.15) is 34.1 Å². The maximum Gasteiger partial charge on any atom is 0.502 e. The zero-order valence-electron chi connectivity index (χ0n) is 11.6. The van der Waals surface area contributed by atoms with Gasteiger partial charge in [-0.2, -0.15) is 0 Å². The summed E-state index contributed by atoms with van der Waals surface area (Å²) in [5.41, 5.74) is 5.45. The summed E-state index contributed by atoms with van der Waals surface area (Å²) < 4.78 is 17.6. The van der Waals surface area contributed by atoms with E-state index in [0.29, 0.717) is 19.8 Å². The molecule has 0 aromatic heterocycles. The molecule has 0 aromatic carbocycles. The van der Waals surface area contributed by atoms with Crippen molar-refractivity contribution in [1.29, 1.82) is 0 Å². The third-order valence-electron chi connectivity index (χ3n) is 2.22. The van der Waals surface area contributed by atoms with E-state index in [2.05, 4.69) is 12.2 Å². The lowest BCUT2D eigenvalue weighted by molar-refractivity contribution is 0.0269. The van der Waals surface area contributed by atoms with E-state index in [-0.39, 0.29) is 6.23 Å². The Balaban J connectivity index is 4.40. The van der Waals surface area contributed by atoms with Crippen molar-refractivity contribution in [1.82, 2.24) is 5.32 Å². The Labute approximate surface area is 106 Å². The maximum absolute atomic E-state index is 5.99. The van der Waals surface area contributed by atoms with Crippen molar-refractivity contribution in [3.05, 3.63) is 0 Å². The van der Waals surface area contributed by atoms with E-state index in [4.69, 9.17) is 19.0 Å². The molecule has 17 heavy (non-hydrogen) atoms. The van der Waals surface area contributed by atoms with E-state index >= 15 is 0 Å². The van der Waals surface area contributed by atoms with Crippen LogP contribution >= 0.6 is 0 Å². The fraction of sp³-hybridized carbons (Fsp3) is 1.00. The topological polar surface area (TPSA) is 65.7 Å². The molecule has 0 amide bonds. The average molecular weight is 264 g/mol. The van der Waals surface area contributed by atoms with E-state index < -0.39 is 8.80 Å². The summed E-state index contributed by atoms with van der Waals surface area (Å²) in [6, 6.07) is 0.851. The number of nitrogens with two attached hydrogens (primary N) is 1. The van der Waals surface area contributed by atoms with Crippen LogP contribution in [0.5, 0.6) is 0 Å². The number of rotatable bonds is 11. The molecule has 0 saturated carbocycles. The van der Waals surface area contributed by atoms with Crippen LogP contribution in [0.2, 0.25) is 6.04 Å². The summed E-state index contributed by atoms with van der Waals surface area (Å²) in [6.45, 7) is 10.6. The van der Waals surface area contributed by atoms with Gasteiger partial charge in [0.05, 0.1) is 6.23 Å². The van der Waals surface area contributed by atoms with Crippen LogP contribution in [0, 0.1) is 0 Å². The van der Waals surface area contributed by atoms with E-state index in [1.165, 1.54) is 0 Å². The highest BCUT2D eigenvalue weighted by molar-refractivity contribution is 6.60. The highest BCUT2D eigenvalue weighted by Crippen LogP contribution is 2.19. The molecule has 5 nitrogen and oxygen atoms in total. The second-order valence-corrected chi connectivity index (χ2v) is 6.48. The SMILES string of the molecule is CCC[Si](OCC)(OCC)OC(C)NCCN. The first-order valence-corrected chi connectivity index (χ1v) is 8.46. The highest BCUT2D eigenvalue weighted by atomic mass is 28.4. The van der Waals surface area contributed by atoms with Crippen LogP contribution < -0.4 is 11.1 Å². The van der Waals surface area contributed by atoms with Crippen LogP contribution in [0.15, 0.2) is 0 Å². The van der Waals surface area contributed by atoms with Gasteiger partial charge in [0.25, 0.3) is 0 Å². The van der Waals surface area contributed by atoms with Crippen molar-refractivity contribution in [3.8, 4) is 0 Å². The highest BCUT2D eigenvalue weighted by Gasteiger charge is 2.41. The lowest BCUT2D eigenvalue weighted by atomic mass is 10.6. The standard InChI is InChI=1S/C11H28N2O3Si/c1-5-10-17(14-6-2,15-7-3)16-11(4)13-9-8-12/h11,13H,5-10,12H2,1-4H3. The molecule has 0 aliphatic rings. The lowest BCUT2D eigenvalue weighted by Gasteiger charge is -2.31. The summed E-state index contributed by atoms with van der Waals surface area (Å²) in [5, 5.41) is 3.19. The van der Waals surface area contributed by atoms with Crippen molar-refractivity contribution in [3.63, 3.8) is 0 Å². The maximum atomic E-state index is 5.99. The summed E-state index contributed by atoms with van der Waals surface area (Å²) in [7, 11) is -2.51. The fourth-order valence-electron chi connectivity index (χ4n) is 1.66. The zero-order chi connectivity index (χ0) is 13.1. The van der Waals surface area contributed by atoms with Gasteiger partial charge in [-0.05, 0) is 20.8 Å². The van der Waals surface area contributed by atoms with Crippen LogP contribution in [0.4, 0.5) is 0 Å². The van der Waals surface area contributed by atoms with Gasteiger partial charge in [0, 0.05) is 32.3 Å². The third kappa shape index (κ3) is 7.12. The summed E-state index contributed by atoms with van der Waals surface area (Å²) in [5.74, 6) is 0.